The second kappa shape index (κ2) is 8.65. The first kappa shape index (κ1) is 19.0. The number of hydrogen-bond donors (Lipinski definition) is 2. The predicted molar refractivity (Wildman–Crippen MR) is 99.7 cm³/mol. The Kier molecular flexibility index (Phi) is 6.57. The monoisotopic (exact) mass is 344 g/mol. The third-order valence-electron chi connectivity index (χ3n) is 4.65. The summed E-state index contributed by atoms with van der Waals surface area (Å²) in [5, 5.41) is 19.5. The van der Waals surface area contributed by atoms with Crippen molar-refractivity contribution in [2.45, 2.75) is 33.6 Å². The zero-order valence-corrected chi connectivity index (χ0v) is 15.5. The standard InChI is InChI=1S/C21H28O4/c1-5-25-21-13-17(7-9-19(21)23)11-15(3)14(2)10-16-6-8-18(22)20(12-16)24-4/h6-9,12-15,22-23H,5,10-11H2,1-4H3/t14-,15-/m1/s1. The van der Waals surface area contributed by atoms with Gasteiger partial charge in [-0.05, 0) is 67.0 Å². The van der Waals surface area contributed by atoms with E-state index in [0.717, 1.165) is 24.0 Å². The van der Waals surface area contributed by atoms with Crippen LogP contribution in [-0.4, -0.2) is 23.9 Å². The van der Waals surface area contributed by atoms with Crippen molar-refractivity contribution < 1.29 is 19.7 Å². The van der Waals surface area contributed by atoms with Crippen molar-refractivity contribution in [1.29, 1.82) is 0 Å². The van der Waals surface area contributed by atoms with E-state index in [1.807, 2.05) is 31.2 Å². The maximum absolute atomic E-state index is 9.82. The first-order valence-electron chi connectivity index (χ1n) is 8.75. The van der Waals surface area contributed by atoms with E-state index in [2.05, 4.69) is 13.8 Å². The lowest BCUT2D eigenvalue weighted by Gasteiger charge is -2.21. The molecular weight excluding hydrogens is 316 g/mol. The molecule has 136 valence electrons. The molecule has 0 unspecified atom stereocenters. The molecule has 2 aromatic carbocycles. The molecule has 0 aliphatic heterocycles. The summed E-state index contributed by atoms with van der Waals surface area (Å²) in [5.74, 6) is 2.32. The van der Waals surface area contributed by atoms with Crippen LogP contribution in [0.1, 0.15) is 31.9 Å². The van der Waals surface area contributed by atoms with E-state index in [1.54, 1.807) is 19.2 Å². The van der Waals surface area contributed by atoms with E-state index in [9.17, 15) is 10.2 Å². The molecule has 25 heavy (non-hydrogen) atoms. The number of phenolic OH excluding ortho intramolecular Hbond substituents is 2. The van der Waals surface area contributed by atoms with Crippen molar-refractivity contribution in [2.75, 3.05) is 13.7 Å². The Morgan fingerprint density at radius 1 is 0.840 bits per heavy atom. The minimum atomic E-state index is 0.166. The Morgan fingerprint density at radius 2 is 1.32 bits per heavy atom. The maximum atomic E-state index is 9.82. The lowest BCUT2D eigenvalue weighted by molar-refractivity contribution is 0.317. The number of aromatic hydroxyl groups is 2. The lowest BCUT2D eigenvalue weighted by atomic mass is 9.85. The first-order chi connectivity index (χ1) is 11.9. The Balaban J connectivity index is 2.02. The van der Waals surface area contributed by atoms with Crippen LogP contribution in [0.25, 0.3) is 0 Å². The minimum absolute atomic E-state index is 0.166. The molecular formula is C21H28O4. The van der Waals surface area contributed by atoms with Crippen LogP contribution in [0.4, 0.5) is 0 Å². The van der Waals surface area contributed by atoms with Gasteiger partial charge in [0.15, 0.2) is 23.0 Å². The minimum Gasteiger partial charge on any atom is -0.504 e. The highest BCUT2D eigenvalue weighted by Crippen LogP contribution is 2.31. The summed E-state index contributed by atoms with van der Waals surface area (Å²) in [6.45, 7) is 6.90. The van der Waals surface area contributed by atoms with E-state index >= 15 is 0 Å². The normalized spacial score (nSPS) is 13.3. The second-order valence-electron chi connectivity index (χ2n) is 6.60. The fourth-order valence-corrected chi connectivity index (χ4v) is 2.95. The molecule has 0 aromatic heterocycles. The van der Waals surface area contributed by atoms with E-state index in [1.165, 1.54) is 0 Å². The lowest BCUT2D eigenvalue weighted by Crippen LogP contribution is -2.13. The van der Waals surface area contributed by atoms with Crippen LogP contribution in [0.3, 0.4) is 0 Å². The van der Waals surface area contributed by atoms with Crippen LogP contribution >= 0.6 is 0 Å². The van der Waals surface area contributed by atoms with Gasteiger partial charge in [-0.2, -0.15) is 0 Å². The van der Waals surface area contributed by atoms with Crippen LogP contribution < -0.4 is 9.47 Å². The van der Waals surface area contributed by atoms with Gasteiger partial charge in [0.25, 0.3) is 0 Å². The molecule has 0 bridgehead atoms. The molecule has 2 aromatic rings. The molecule has 2 N–H and O–H groups in total. The van der Waals surface area contributed by atoms with Gasteiger partial charge in [0.2, 0.25) is 0 Å². The van der Waals surface area contributed by atoms with Crippen LogP contribution in [0.15, 0.2) is 36.4 Å². The van der Waals surface area contributed by atoms with Gasteiger partial charge in [-0.3, -0.25) is 0 Å². The summed E-state index contributed by atoms with van der Waals surface area (Å²) < 4.78 is 10.6. The van der Waals surface area contributed by atoms with Gasteiger partial charge in [-0.25, -0.2) is 0 Å². The van der Waals surface area contributed by atoms with E-state index in [-0.39, 0.29) is 11.5 Å². The van der Waals surface area contributed by atoms with Crippen LogP contribution in [0.2, 0.25) is 0 Å². The summed E-state index contributed by atoms with van der Waals surface area (Å²) in [6.07, 6.45) is 1.82. The van der Waals surface area contributed by atoms with Crippen LogP contribution in [0, 0.1) is 11.8 Å². The third-order valence-corrected chi connectivity index (χ3v) is 4.65. The molecule has 0 aliphatic carbocycles. The fraction of sp³-hybridized carbons (Fsp3) is 0.429. The maximum Gasteiger partial charge on any atom is 0.161 e. The summed E-state index contributed by atoms with van der Waals surface area (Å²) in [7, 11) is 1.56. The average molecular weight is 344 g/mol. The molecule has 2 rings (SSSR count). The zero-order chi connectivity index (χ0) is 18.4. The number of phenols is 2. The van der Waals surface area contributed by atoms with Gasteiger partial charge in [0.05, 0.1) is 13.7 Å². The van der Waals surface area contributed by atoms with Gasteiger partial charge < -0.3 is 19.7 Å². The molecule has 0 saturated carbocycles. The number of hydrogen-bond acceptors (Lipinski definition) is 4. The topological polar surface area (TPSA) is 58.9 Å². The highest BCUT2D eigenvalue weighted by molar-refractivity contribution is 5.42. The van der Waals surface area contributed by atoms with Crippen LogP contribution in [-0.2, 0) is 12.8 Å². The Hall–Kier alpha value is -2.36. The van der Waals surface area contributed by atoms with E-state index in [4.69, 9.17) is 9.47 Å². The Bertz CT molecular complexity index is 696. The highest BCUT2D eigenvalue weighted by Gasteiger charge is 2.16. The smallest absolute Gasteiger partial charge is 0.161 e. The molecule has 0 saturated heterocycles. The van der Waals surface area contributed by atoms with Gasteiger partial charge in [0, 0.05) is 0 Å². The highest BCUT2D eigenvalue weighted by atomic mass is 16.5. The zero-order valence-electron chi connectivity index (χ0n) is 15.5. The number of methoxy groups -OCH3 is 1. The average Bonchev–Trinajstić information content (AvgIpc) is 2.59. The molecule has 0 spiro atoms. The molecule has 0 amide bonds. The third kappa shape index (κ3) is 5.05. The van der Waals surface area contributed by atoms with Crippen molar-refractivity contribution in [3.05, 3.63) is 47.5 Å². The summed E-state index contributed by atoms with van der Waals surface area (Å²) in [6, 6.07) is 11.1. The molecule has 0 aliphatic rings. The molecule has 4 nitrogen and oxygen atoms in total. The number of ether oxygens (including phenoxy) is 2. The first-order valence-corrected chi connectivity index (χ1v) is 8.75. The molecule has 0 heterocycles. The van der Waals surface area contributed by atoms with Crippen molar-refractivity contribution >= 4 is 0 Å². The molecule has 4 heteroatoms. The predicted octanol–water partition coefficient (Wildman–Crippen LogP) is 4.56. The SMILES string of the molecule is CCOc1cc(C[C@@H](C)[C@H](C)Cc2ccc(O)c(OC)c2)ccc1O. The van der Waals surface area contributed by atoms with Gasteiger partial charge in [0.1, 0.15) is 0 Å². The molecule has 2 atom stereocenters. The van der Waals surface area contributed by atoms with Crippen molar-refractivity contribution in [1.82, 2.24) is 0 Å². The molecule has 0 fully saturated rings. The van der Waals surface area contributed by atoms with Crippen molar-refractivity contribution in [2.24, 2.45) is 11.8 Å². The Morgan fingerprint density at radius 3 is 1.80 bits per heavy atom. The summed E-state index contributed by atoms with van der Waals surface area (Å²) in [5.41, 5.74) is 2.30. The van der Waals surface area contributed by atoms with Gasteiger partial charge in [-0.1, -0.05) is 26.0 Å². The second-order valence-corrected chi connectivity index (χ2v) is 6.60. The quantitative estimate of drug-likeness (QED) is 0.737. The Labute approximate surface area is 150 Å². The molecule has 0 radical (unpaired) electrons. The summed E-state index contributed by atoms with van der Waals surface area (Å²) in [4.78, 5) is 0. The number of rotatable bonds is 8. The van der Waals surface area contributed by atoms with Gasteiger partial charge in [-0.15, -0.1) is 0 Å². The van der Waals surface area contributed by atoms with E-state index in [0.29, 0.717) is 29.9 Å². The number of benzene rings is 2. The van der Waals surface area contributed by atoms with Crippen molar-refractivity contribution in [3.8, 4) is 23.0 Å². The van der Waals surface area contributed by atoms with Gasteiger partial charge >= 0.3 is 0 Å². The van der Waals surface area contributed by atoms with E-state index < -0.39 is 0 Å². The largest absolute Gasteiger partial charge is 0.504 e. The fourth-order valence-electron chi connectivity index (χ4n) is 2.95. The van der Waals surface area contributed by atoms with Crippen molar-refractivity contribution in [3.63, 3.8) is 0 Å². The van der Waals surface area contributed by atoms with Crippen LogP contribution in [0.5, 0.6) is 23.0 Å². The summed E-state index contributed by atoms with van der Waals surface area (Å²) >= 11 is 0.